The zero-order valence-electron chi connectivity index (χ0n) is 18.1. The van der Waals surface area contributed by atoms with E-state index in [1.807, 2.05) is 35.2 Å². The molecule has 0 aliphatic carbocycles. The van der Waals surface area contributed by atoms with Crippen molar-refractivity contribution in [3.63, 3.8) is 0 Å². The summed E-state index contributed by atoms with van der Waals surface area (Å²) in [6.07, 6.45) is -1.84. The molecule has 0 radical (unpaired) electrons. The minimum absolute atomic E-state index is 0.000828. The van der Waals surface area contributed by atoms with Crippen LogP contribution >= 0.6 is 11.8 Å². The first-order valence-electron chi connectivity index (χ1n) is 10.9. The standard InChI is InChI=1S/C24H26F3N3O2S/c25-24(26,27)18-6-8-19(9-7-18)28-22(32)30-15-12-23(17-30)10-13-29(14-11-23)21(31)16-33-20-4-2-1-3-5-20/h1-9H,10-17H2,(H,28,32). The van der Waals surface area contributed by atoms with Crippen molar-refractivity contribution in [1.29, 1.82) is 0 Å². The van der Waals surface area contributed by atoms with Gasteiger partial charge in [-0.2, -0.15) is 13.2 Å². The van der Waals surface area contributed by atoms with Crippen molar-refractivity contribution < 1.29 is 22.8 Å². The van der Waals surface area contributed by atoms with Crippen LogP contribution in [0.5, 0.6) is 0 Å². The van der Waals surface area contributed by atoms with Gasteiger partial charge in [0.15, 0.2) is 0 Å². The fourth-order valence-electron chi connectivity index (χ4n) is 4.45. The smallest absolute Gasteiger partial charge is 0.342 e. The van der Waals surface area contributed by atoms with Crippen molar-refractivity contribution >= 4 is 29.4 Å². The molecule has 0 bridgehead atoms. The summed E-state index contributed by atoms with van der Waals surface area (Å²) in [5, 5.41) is 2.70. The number of nitrogens with zero attached hydrogens (tertiary/aromatic N) is 2. The van der Waals surface area contributed by atoms with Gasteiger partial charge in [-0.1, -0.05) is 18.2 Å². The highest BCUT2D eigenvalue weighted by Gasteiger charge is 2.42. The van der Waals surface area contributed by atoms with Crippen LogP contribution in [-0.2, 0) is 11.0 Å². The number of nitrogens with one attached hydrogen (secondary N) is 1. The van der Waals surface area contributed by atoms with Crippen molar-refractivity contribution in [3.8, 4) is 0 Å². The van der Waals surface area contributed by atoms with E-state index in [1.165, 1.54) is 23.9 Å². The van der Waals surface area contributed by atoms with E-state index in [0.717, 1.165) is 36.3 Å². The summed E-state index contributed by atoms with van der Waals surface area (Å²) in [6.45, 7) is 2.57. The molecule has 2 aromatic rings. The first-order valence-corrected chi connectivity index (χ1v) is 11.9. The number of carbonyl (C=O) groups is 2. The van der Waals surface area contributed by atoms with Crippen LogP contribution in [0.3, 0.4) is 0 Å². The molecule has 4 rings (SSSR count). The van der Waals surface area contributed by atoms with Gasteiger partial charge >= 0.3 is 12.2 Å². The van der Waals surface area contributed by atoms with Crippen molar-refractivity contribution in [3.05, 3.63) is 60.2 Å². The monoisotopic (exact) mass is 477 g/mol. The number of urea groups is 1. The number of hydrogen-bond donors (Lipinski definition) is 1. The van der Waals surface area contributed by atoms with Gasteiger partial charge in [-0.05, 0) is 61.1 Å². The predicted molar refractivity (Wildman–Crippen MR) is 122 cm³/mol. The minimum Gasteiger partial charge on any atom is -0.342 e. The van der Waals surface area contributed by atoms with Crippen molar-refractivity contribution in [1.82, 2.24) is 9.80 Å². The fraction of sp³-hybridized carbons (Fsp3) is 0.417. The van der Waals surface area contributed by atoms with Crippen LogP contribution in [0.1, 0.15) is 24.8 Å². The van der Waals surface area contributed by atoms with E-state index in [2.05, 4.69) is 5.32 Å². The number of amides is 3. The summed E-state index contributed by atoms with van der Waals surface area (Å²) in [5.74, 6) is 0.548. The van der Waals surface area contributed by atoms with Crippen LogP contribution < -0.4 is 5.32 Å². The highest BCUT2D eigenvalue weighted by molar-refractivity contribution is 8.00. The average molecular weight is 478 g/mol. The van der Waals surface area contributed by atoms with E-state index >= 15 is 0 Å². The fourth-order valence-corrected chi connectivity index (χ4v) is 5.27. The van der Waals surface area contributed by atoms with Crippen LogP contribution in [0.25, 0.3) is 0 Å². The van der Waals surface area contributed by atoms with E-state index in [0.29, 0.717) is 37.6 Å². The van der Waals surface area contributed by atoms with Gasteiger partial charge in [0.25, 0.3) is 0 Å². The van der Waals surface area contributed by atoms with Gasteiger partial charge in [0.1, 0.15) is 0 Å². The van der Waals surface area contributed by atoms with Gasteiger partial charge < -0.3 is 15.1 Å². The summed E-state index contributed by atoms with van der Waals surface area (Å²) in [6, 6.07) is 14.0. The zero-order chi connectivity index (χ0) is 23.5. The van der Waals surface area contributed by atoms with E-state index in [1.54, 1.807) is 4.90 Å². The normalized spacial score (nSPS) is 17.9. The summed E-state index contributed by atoms with van der Waals surface area (Å²) >= 11 is 1.54. The molecule has 2 saturated heterocycles. The largest absolute Gasteiger partial charge is 0.416 e. The Morgan fingerprint density at radius 2 is 1.52 bits per heavy atom. The zero-order valence-corrected chi connectivity index (χ0v) is 18.9. The SMILES string of the molecule is O=C(CSc1ccccc1)N1CCC2(CC1)CCN(C(=O)Nc1ccc(C(F)(F)F)cc1)C2. The Labute approximate surface area is 195 Å². The van der Waals surface area contributed by atoms with Crippen LogP contribution in [-0.4, -0.2) is 53.7 Å². The highest BCUT2D eigenvalue weighted by Crippen LogP contribution is 2.40. The Hall–Kier alpha value is -2.68. The molecule has 5 nitrogen and oxygen atoms in total. The lowest BCUT2D eigenvalue weighted by molar-refractivity contribution is -0.137. The molecule has 2 heterocycles. The number of alkyl halides is 3. The molecule has 0 atom stereocenters. The maximum atomic E-state index is 12.7. The lowest BCUT2D eigenvalue weighted by Crippen LogP contribution is -2.45. The first kappa shape index (κ1) is 23.5. The number of likely N-dealkylation sites (tertiary alicyclic amines) is 2. The molecular weight excluding hydrogens is 451 g/mol. The maximum Gasteiger partial charge on any atom is 0.416 e. The summed E-state index contributed by atoms with van der Waals surface area (Å²) in [7, 11) is 0. The molecule has 2 fully saturated rings. The molecule has 2 aliphatic heterocycles. The Morgan fingerprint density at radius 3 is 2.12 bits per heavy atom. The second-order valence-corrected chi connectivity index (χ2v) is 9.71. The molecule has 176 valence electrons. The number of benzene rings is 2. The Kier molecular flexibility index (Phi) is 6.88. The summed E-state index contributed by atoms with van der Waals surface area (Å²) in [4.78, 5) is 29.9. The van der Waals surface area contributed by atoms with Crippen LogP contribution in [0.4, 0.5) is 23.7 Å². The molecular formula is C24H26F3N3O2S. The molecule has 2 aromatic carbocycles. The van der Waals surface area contributed by atoms with Gasteiger partial charge in [-0.3, -0.25) is 4.79 Å². The first-order chi connectivity index (χ1) is 15.7. The summed E-state index contributed by atoms with van der Waals surface area (Å²) in [5.41, 5.74) is -0.407. The molecule has 3 amide bonds. The number of anilines is 1. The maximum absolute atomic E-state index is 12.7. The quantitative estimate of drug-likeness (QED) is 0.605. The molecule has 0 unspecified atom stereocenters. The van der Waals surface area contributed by atoms with Crippen LogP contribution in [0.15, 0.2) is 59.5 Å². The van der Waals surface area contributed by atoms with Gasteiger partial charge in [0.2, 0.25) is 5.91 Å². The molecule has 33 heavy (non-hydrogen) atoms. The van der Waals surface area contributed by atoms with Crippen molar-refractivity contribution in [2.24, 2.45) is 5.41 Å². The van der Waals surface area contributed by atoms with Gasteiger partial charge in [0, 0.05) is 36.8 Å². The van der Waals surface area contributed by atoms with Gasteiger partial charge in [0.05, 0.1) is 11.3 Å². The van der Waals surface area contributed by atoms with E-state index in [-0.39, 0.29) is 17.4 Å². The molecule has 0 saturated carbocycles. The van der Waals surface area contributed by atoms with E-state index in [9.17, 15) is 22.8 Å². The second-order valence-electron chi connectivity index (χ2n) is 8.66. The third kappa shape index (κ3) is 5.82. The third-order valence-corrected chi connectivity index (χ3v) is 7.47. The topological polar surface area (TPSA) is 52.7 Å². The molecule has 1 spiro atoms. The number of carbonyl (C=O) groups excluding carboxylic acids is 2. The van der Waals surface area contributed by atoms with Crippen molar-refractivity contribution in [2.75, 3.05) is 37.2 Å². The van der Waals surface area contributed by atoms with E-state index in [4.69, 9.17) is 0 Å². The molecule has 2 aliphatic rings. The average Bonchev–Trinajstić information content (AvgIpc) is 3.22. The third-order valence-electron chi connectivity index (χ3n) is 6.47. The highest BCUT2D eigenvalue weighted by atomic mass is 32.2. The van der Waals surface area contributed by atoms with Crippen LogP contribution in [0, 0.1) is 5.41 Å². The minimum atomic E-state index is -4.40. The molecule has 9 heteroatoms. The van der Waals surface area contributed by atoms with Gasteiger partial charge in [-0.25, -0.2) is 4.79 Å². The van der Waals surface area contributed by atoms with Crippen LogP contribution in [0.2, 0.25) is 0 Å². The van der Waals surface area contributed by atoms with E-state index < -0.39 is 11.7 Å². The lowest BCUT2D eigenvalue weighted by atomic mass is 9.78. The molecule has 1 N–H and O–H groups in total. The van der Waals surface area contributed by atoms with Crippen molar-refractivity contribution in [2.45, 2.75) is 30.3 Å². The Bertz CT molecular complexity index is 975. The Morgan fingerprint density at radius 1 is 0.909 bits per heavy atom. The number of rotatable bonds is 4. The molecule has 0 aromatic heterocycles. The summed E-state index contributed by atoms with van der Waals surface area (Å²) < 4.78 is 38.1. The Balaban J connectivity index is 1.25. The predicted octanol–water partition coefficient (Wildman–Crippen LogP) is 5.34. The second kappa shape index (κ2) is 9.67. The number of thioether (sulfide) groups is 1. The number of piperidine rings is 1. The lowest BCUT2D eigenvalue weighted by Gasteiger charge is -2.39. The number of hydrogen-bond acceptors (Lipinski definition) is 3. The van der Waals surface area contributed by atoms with Gasteiger partial charge in [-0.15, -0.1) is 11.8 Å². The number of halogens is 3.